The summed E-state index contributed by atoms with van der Waals surface area (Å²) in [5, 5.41) is 0. The highest BCUT2D eigenvalue weighted by Gasteiger charge is 2.46. The van der Waals surface area contributed by atoms with Crippen molar-refractivity contribution in [2.75, 3.05) is 6.61 Å². The first-order chi connectivity index (χ1) is 7.69. The van der Waals surface area contributed by atoms with Crippen molar-refractivity contribution in [3.63, 3.8) is 0 Å². The van der Waals surface area contributed by atoms with Crippen LogP contribution in [0.5, 0.6) is 0 Å². The third-order valence-corrected chi connectivity index (χ3v) is 5.53. The van der Waals surface area contributed by atoms with E-state index >= 15 is 0 Å². The Labute approximate surface area is 99.9 Å². The molecule has 2 saturated carbocycles. The van der Waals surface area contributed by atoms with E-state index in [1.165, 1.54) is 44.9 Å². The molecular weight excluding hydrogens is 196 g/mol. The fourth-order valence-corrected chi connectivity index (χ4v) is 3.90. The summed E-state index contributed by atoms with van der Waals surface area (Å²) in [6, 6.07) is 0. The predicted octanol–water partition coefficient (Wildman–Crippen LogP) is 4.02. The lowest BCUT2D eigenvalue weighted by Gasteiger charge is -2.41. The first kappa shape index (κ1) is 11.1. The predicted molar refractivity (Wildman–Crippen MR) is 66.3 cm³/mol. The minimum absolute atomic E-state index is 0.318. The number of hydrogen-bond donors (Lipinski definition) is 0. The zero-order valence-electron chi connectivity index (χ0n) is 10.9. The molecule has 0 N–H and O–H groups in total. The van der Waals surface area contributed by atoms with Crippen LogP contribution < -0.4 is 0 Å². The summed E-state index contributed by atoms with van der Waals surface area (Å²) in [5.41, 5.74) is 0.318. The molecule has 0 aromatic carbocycles. The SMILES string of the molecule is CC(C)C1CCC2(CC1)CC[C@@H]1C[C@H]1CO2. The molecule has 1 heterocycles. The Balaban J connectivity index is 1.58. The van der Waals surface area contributed by atoms with Gasteiger partial charge >= 0.3 is 0 Å². The van der Waals surface area contributed by atoms with E-state index in [4.69, 9.17) is 4.74 Å². The van der Waals surface area contributed by atoms with Crippen LogP contribution >= 0.6 is 0 Å². The molecule has 0 radical (unpaired) electrons. The van der Waals surface area contributed by atoms with E-state index in [1.807, 2.05) is 0 Å². The van der Waals surface area contributed by atoms with Crippen molar-refractivity contribution >= 4 is 0 Å². The first-order valence-corrected chi connectivity index (χ1v) is 7.32. The van der Waals surface area contributed by atoms with Gasteiger partial charge in [-0.3, -0.25) is 0 Å². The normalized spacial score (nSPS) is 47.8. The van der Waals surface area contributed by atoms with Gasteiger partial charge < -0.3 is 4.74 Å². The van der Waals surface area contributed by atoms with Crippen LogP contribution in [-0.4, -0.2) is 12.2 Å². The van der Waals surface area contributed by atoms with Crippen molar-refractivity contribution in [3.8, 4) is 0 Å². The van der Waals surface area contributed by atoms with Crippen LogP contribution in [0.25, 0.3) is 0 Å². The second-order valence-corrected chi connectivity index (χ2v) is 6.87. The smallest absolute Gasteiger partial charge is 0.0683 e. The van der Waals surface area contributed by atoms with Gasteiger partial charge in [-0.25, -0.2) is 0 Å². The number of fused-ring (bicyclic) bond motifs is 1. The summed E-state index contributed by atoms with van der Waals surface area (Å²) in [6.45, 7) is 5.84. The third kappa shape index (κ3) is 2.03. The number of rotatable bonds is 1. The minimum atomic E-state index is 0.318. The lowest BCUT2D eigenvalue weighted by atomic mass is 9.73. The van der Waals surface area contributed by atoms with Crippen LogP contribution in [0.1, 0.15) is 58.8 Å². The van der Waals surface area contributed by atoms with Crippen LogP contribution in [0.2, 0.25) is 0 Å². The minimum Gasteiger partial charge on any atom is -0.375 e. The van der Waals surface area contributed by atoms with Gasteiger partial charge in [-0.15, -0.1) is 0 Å². The molecule has 1 heteroatoms. The molecule has 3 aliphatic rings. The summed E-state index contributed by atoms with van der Waals surface area (Å²) in [5.74, 6) is 3.83. The zero-order chi connectivity index (χ0) is 11.2. The van der Waals surface area contributed by atoms with Gasteiger partial charge in [0.2, 0.25) is 0 Å². The van der Waals surface area contributed by atoms with Gasteiger partial charge in [0, 0.05) is 0 Å². The van der Waals surface area contributed by atoms with Gasteiger partial charge in [0.1, 0.15) is 0 Å². The molecule has 92 valence electrons. The summed E-state index contributed by atoms with van der Waals surface area (Å²) in [4.78, 5) is 0. The van der Waals surface area contributed by atoms with E-state index in [2.05, 4.69) is 13.8 Å². The van der Waals surface area contributed by atoms with Crippen molar-refractivity contribution in [2.45, 2.75) is 64.4 Å². The third-order valence-electron chi connectivity index (χ3n) is 5.53. The fraction of sp³-hybridized carbons (Fsp3) is 1.00. The lowest BCUT2D eigenvalue weighted by Crippen LogP contribution is -2.38. The molecular formula is C15H26O. The molecule has 1 nitrogen and oxygen atoms in total. The Bertz CT molecular complexity index is 236. The van der Waals surface area contributed by atoms with Gasteiger partial charge in [-0.05, 0) is 68.6 Å². The van der Waals surface area contributed by atoms with Gasteiger partial charge in [-0.2, -0.15) is 0 Å². The molecule has 2 aliphatic carbocycles. The van der Waals surface area contributed by atoms with Gasteiger partial charge in [0.25, 0.3) is 0 Å². The quantitative estimate of drug-likeness (QED) is 0.651. The zero-order valence-corrected chi connectivity index (χ0v) is 10.9. The number of hydrogen-bond acceptors (Lipinski definition) is 1. The highest BCUT2D eigenvalue weighted by atomic mass is 16.5. The van der Waals surface area contributed by atoms with Crippen molar-refractivity contribution in [1.29, 1.82) is 0 Å². The molecule has 3 fully saturated rings. The van der Waals surface area contributed by atoms with Crippen molar-refractivity contribution in [2.24, 2.45) is 23.7 Å². The van der Waals surface area contributed by atoms with Gasteiger partial charge in [0.15, 0.2) is 0 Å². The van der Waals surface area contributed by atoms with Crippen molar-refractivity contribution in [1.82, 2.24) is 0 Å². The maximum absolute atomic E-state index is 6.31. The Kier molecular flexibility index (Phi) is 2.78. The summed E-state index contributed by atoms with van der Waals surface area (Å²) in [6.07, 6.45) is 9.78. The van der Waals surface area contributed by atoms with Gasteiger partial charge in [-0.1, -0.05) is 13.8 Å². The number of ether oxygens (including phenoxy) is 1. The van der Waals surface area contributed by atoms with E-state index < -0.39 is 0 Å². The Morgan fingerprint density at radius 2 is 1.69 bits per heavy atom. The molecule has 16 heavy (non-hydrogen) atoms. The second kappa shape index (κ2) is 4.01. The molecule has 1 saturated heterocycles. The molecule has 1 spiro atoms. The van der Waals surface area contributed by atoms with Crippen LogP contribution in [-0.2, 0) is 4.74 Å². The van der Waals surface area contributed by atoms with Gasteiger partial charge in [0.05, 0.1) is 12.2 Å². The van der Waals surface area contributed by atoms with Crippen LogP contribution in [0.15, 0.2) is 0 Å². The highest BCUT2D eigenvalue weighted by Crippen LogP contribution is 2.50. The van der Waals surface area contributed by atoms with Crippen molar-refractivity contribution < 1.29 is 4.74 Å². The highest BCUT2D eigenvalue weighted by molar-refractivity contribution is 4.96. The first-order valence-electron chi connectivity index (χ1n) is 7.32. The standard InChI is InChI=1S/C15H26O/c1-11(2)12-3-6-15(7-4-12)8-5-13-9-14(13)10-16-15/h11-14H,3-10H2,1-2H3/t12?,13-,14+,15?/m1/s1. The largest absolute Gasteiger partial charge is 0.375 e. The average molecular weight is 222 g/mol. The Hall–Kier alpha value is -0.0400. The van der Waals surface area contributed by atoms with E-state index in [1.54, 1.807) is 0 Å². The summed E-state index contributed by atoms with van der Waals surface area (Å²) >= 11 is 0. The maximum Gasteiger partial charge on any atom is 0.0683 e. The lowest BCUT2D eigenvalue weighted by molar-refractivity contribution is -0.0844. The maximum atomic E-state index is 6.31. The molecule has 0 bridgehead atoms. The average Bonchev–Trinajstić information content (AvgIpc) is 3.03. The Morgan fingerprint density at radius 3 is 2.38 bits per heavy atom. The summed E-state index contributed by atoms with van der Waals surface area (Å²) < 4.78 is 6.31. The topological polar surface area (TPSA) is 9.23 Å². The fourth-order valence-electron chi connectivity index (χ4n) is 3.90. The van der Waals surface area contributed by atoms with Crippen molar-refractivity contribution in [3.05, 3.63) is 0 Å². The molecule has 1 aliphatic heterocycles. The van der Waals surface area contributed by atoms with E-state index in [-0.39, 0.29) is 0 Å². The van der Waals surface area contributed by atoms with Crippen LogP contribution in [0.3, 0.4) is 0 Å². The molecule has 0 aromatic rings. The summed E-state index contributed by atoms with van der Waals surface area (Å²) in [7, 11) is 0. The molecule has 2 atom stereocenters. The van der Waals surface area contributed by atoms with E-state index in [9.17, 15) is 0 Å². The molecule has 0 unspecified atom stereocenters. The monoisotopic (exact) mass is 222 g/mol. The Morgan fingerprint density at radius 1 is 1.00 bits per heavy atom. The molecule has 0 amide bonds. The van der Waals surface area contributed by atoms with Crippen LogP contribution in [0, 0.1) is 23.7 Å². The second-order valence-electron chi connectivity index (χ2n) is 6.87. The van der Waals surface area contributed by atoms with E-state index in [0.717, 1.165) is 30.3 Å². The van der Waals surface area contributed by atoms with E-state index in [0.29, 0.717) is 5.60 Å². The van der Waals surface area contributed by atoms with Crippen LogP contribution in [0.4, 0.5) is 0 Å². The molecule has 3 rings (SSSR count). The molecule has 0 aromatic heterocycles.